The summed E-state index contributed by atoms with van der Waals surface area (Å²) in [7, 11) is -0.307. The van der Waals surface area contributed by atoms with Gasteiger partial charge in [-0.25, -0.2) is 17.7 Å². The summed E-state index contributed by atoms with van der Waals surface area (Å²) in [5, 5.41) is 6.41. The van der Waals surface area contributed by atoms with Crippen molar-refractivity contribution >= 4 is 27.0 Å². The first kappa shape index (κ1) is 15.9. The highest BCUT2D eigenvalue weighted by Gasteiger charge is 2.16. The van der Waals surface area contributed by atoms with Crippen LogP contribution in [-0.2, 0) is 16.4 Å². The molecule has 0 unspecified atom stereocenters. The van der Waals surface area contributed by atoms with Gasteiger partial charge < -0.3 is 5.32 Å². The first-order valence-electron chi connectivity index (χ1n) is 6.57. The zero-order chi connectivity index (χ0) is 15.5. The predicted octanol–water partition coefficient (Wildman–Crippen LogP) is 2.36. The molecule has 5 nitrogen and oxygen atoms in total. The second-order valence-corrected chi connectivity index (χ2v) is 7.97. The molecule has 1 N–H and O–H groups in total. The molecule has 0 aliphatic heterocycles. The maximum atomic E-state index is 11.9. The fraction of sp³-hybridized carbons (Fsp3) is 0.357. The van der Waals surface area contributed by atoms with Gasteiger partial charge in [-0.2, -0.15) is 0 Å². The van der Waals surface area contributed by atoms with E-state index in [9.17, 15) is 8.42 Å². The van der Waals surface area contributed by atoms with Crippen LogP contribution in [-0.4, -0.2) is 38.3 Å². The van der Waals surface area contributed by atoms with E-state index >= 15 is 0 Å². The molecule has 2 aromatic rings. The van der Waals surface area contributed by atoms with Gasteiger partial charge in [-0.15, -0.1) is 11.3 Å². The Labute approximate surface area is 129 Å². The molecular formula is C14H19N3O2S2. The number of nitrogens with one attached hydrogen (secondary N) is 1. The number of hydrogen-bond donors (Lipinski definition) is 1. The number of rotatable bonds is 6. The molecule has 114 valence electrons. The number of benzene rings is 1. The second-order valence-electron chi connectivity index (χ2n) is 4.87. The number of sulfonamides is 1. The van der Waals surface area contributed by atoms with Gasteiger partial charge in [0.05, 0.1) is 9.90 Å². The van der Waals surface area contributed by atoms with Crippen LogP contribution < -0.4 is 5.32 Å². The Hall–Kier alpha value is -1.44. The monoisotopic (exact) mass is 325 g/mol. The average Bonchev–Trinajstić information content (AvgIpc) is 2.85. The summed E-state index contributed by atoms with van der Waals surface area (Å²) in [5.74, 6) is 0. The van der Waals surface area contributed by atoms with Crippen molar-refractivity contribution < 1.29 is 8.42 Å². The maximum absolute atomic E-state index is 11.9. The van der Waals surface area contributed by atoms with Crippen molar-refractivity contribution in [1.29, 1.82) is 0 Å². The molecule has 2 rings (SSSR count). The van der Waals surface area contributed by atoms with Crippen LogP contribution in [0.25, 0.3) is 0 Å². The highest BCUT2D eigenvalue weighted by molar-refractivity contribution is 7.89. The molecule has 0 amide bonds. The Balaban J connectivity index is 1.94. The van der Waals surface area contributed by atoms with E-state index in [1.165, 1.54) is 18.4 Å². The molecule has 0 atom stereocenters. The van der Waals surface area contributed by atoms with Crippen molar-refractivity contribution in [3.63, 3.8) is 0 Å². The molecule has 1 aromatic carbocycles. The Bertz CT molecular complexity index is 691. The Morgan fingerprint density at radius 2 is 1.90 bits per heavy atom. The van der Waals surface area contributed by atoms with Crippen LogP contribution in [0.1, 0.15) is 10.7 Å². The van der Waals surface area contributed by atoms with E-state index in [2.05, 4.69) is 10.3 Å². The largest absolute Gasteiger partial charge is 0.385 e. The van der Waals surface area contributed by atoms with E-state index in [1.807, 2.05) is 12.3 Å². The van der Waals surface area contributed by atoms with Gasteiger partial charge in [0.25, 0.3) is 0 Å². The molecule has 1 heterocycles. The Kier molecular flexibility index (Phi) is 4.97. The van der Waals surface area contributed by atoms with Gasteiger partial charge in [0.1, 0.15) is 0 Å². The lowest BCUT2D eigenvalue weighted by molar-refractivity contribution is 0.521. The summed E-state index contributed by atoms with van der Waals surface area (Å²) < 4.78 is 25.1. The molecule has 7 heteroatoms. The van der Waals surface area contributed by atoms with E-state index < -0.39 is 10.0 Å². The van der Waals surface area contributed by atoms with Crippen LogP contribution in [0, 0.1) is 6.92 Å². The van der Waals surface area contributed by atoms with Gasteiger partial charge in [0, 0.05) is 43.8 Å². The molecule has 0 aliphatic rings. The summed E-state index contributed by atoms with van der Waals surface area (Å²) in [6.45, 7) is 2.75. The summed E-state index contributed by atoms with van der Waals surface area (Å²) >= 11 is 1.66. The van der Waals surface area contributed by atoms with Crippen molar-refractivity contribution in [3.8, 4) is 0 Å². The van der Waals surface area contributed by atoms with Gasteiger partial charge in [0.15, 0.2) is 0 Å². The van der Waals surface area contributed by atoms with Crippen molar-refractivity contribution in [2.45, 2.75) is 18.2 Å². The lowest BCUT2D eigenvalue weighted by Crippen LogP contribution is -2.22. The normalized spacial score (nSPS) is 11.8. The van der Waals surface area contributed by atoms with E-state index in [0.717, 1.165) is 29.4 Å². The van der Waals surface area contributed by atoms with Crippen molar-refractivity contribution in [3.05, 3.63) is 40.3 Å². The minimum atomic E-state index is -3.36. The van der Waals surface area contributed by atoms with Crippen molar-refractivity contribution in [1.82, 2.24) is 9.29 Å². The van der Waals surface area contributed by atoms with Gasteiger partial charge in [-0.3, -0.25) is 0 Å². The summed E-state index contributed by atoms with van der Waals surface area (Å²) in [6.07, 6.45) is 0.857. The molecule has 0 spiro atoms. The van der Waals surface area contributed by atoms with E-state index in [1.54, 1.807) is 35.6 Å². The maximum Gasteiger partial charge on any atom is 0.242 e. The smallest absolute Gasteiger partial charge is 0.242 e. The van der Waals surface area contributed by atoms with E-state index in [0.29, 0.717) is 4.90 Å². The molecule has 0 aliphatic carbocycles. The fourth-order valence-electron chi connectivity index (χ4n) is 1.79. The van der Waals surface area contributed by atoms with E-state index in [4.69, 9.17) is 0 Å². The van der Waals surface area contributed by atoms with Crippen molar-refractivity contribution in [2.24, 2.45) is 0 Å². The van der Waals surface area contributed by atoms with Crippen LogP contribution in [0.15, 0.2) is 34.5 Å². The van der Waals surface area contributed by atoms with Gasteiger partial charge in [0.2, 0.25) is 10.0 Å². The Morgan fingerprint density at radius 3 is 2.43 bits per heavy atom. The highest BCUT2D eigenvalue weighted by Crippen LogP contribution is 2.17. The topological polar surface area (TPSA) is 62.3 Å². The molecule has 1 aromatic heterocycles. The SMILES string of the molecule is Cc1csc(CCNc2ccc(S(=O)(=O)N(C)C)cc2)n1. The van der Waals surface area contributed by atoms with Crippen molar-refractivity contribution in [2.75, 3.05) is 26.0 Å². The molecule has 0 fully saturated rings. The summed E-state index contributed by atoms with van der Waals surface area (Å²) in [5.41, 5.74) is 1.95. The molecule has 21 heavy (non-hydrogen) atoms. The van der Waals surface area contributed by atoms with Gasteiger partial charge in [-0.05, 0) is 31.2 Å². The fourth-order valence-corrected chi connectivity index (χ4v) is 3.46. The number of nitrogens with zero attached hydrogens (tertiary/aromatic N) is 2. The summed E-state index contributed by atoms with van der Waals surface area (Å²) in [4.78, 5) is 4.70. The first-order chi connectivity index (χ1) is 9.89. The third-order valence-electron chi connectivity index (χ3n) is 2.97. The standard InChI is InChI=1S/C14H19N3O2S2/c1-11-10-20-14(16-11)8-9-15-12-4-6-13(7-5-12)21(18,19)17(2)3/h4-7,10,15H,8-9H2,1-3H3. The third kappa shape index (κ3) is 4.03. The van der Waals surface area contributed by atoms with Crippen LogP contribution >= 0.6 is 11.3 Å². The summed E-state index contributed by atoms with van der Waals surface area (Å²) in [6, 6.07) is 6.80. The zero-order valence-corrected chi connectivity index (χ0v) is 14.0. The van der Waals surface area contributed by atoms with Crippen LogP contribution in [0.5, 0.6) is 0 Å². The molecule has 0 saturated heterocycles. The minimum Gasteiger partial charge on any atom is -0.385 e. The number of hydrogen-bond acceptors (Lipinski definition) is 5. The first-order valence-corrected chi connectivity index (χ1v) is 8.89. The van der Waals surface area contributed by atoms with Gasteiger partial charge >= 0.3 is 0 Å². The average molecular weight is 325 g/mol. The predicted molar refractivity (Wildman–Crippen MR) is 86.4 cm³/mol. The minimum absolute atomic E-state index is 0.300. The number of thiazole rings is 1. The third-order valence-corrected chi connectivity index (χ3v) is 5.82. The molecular weight excluding hydrogens is 306 g/mol. The van der Waals surface area contributed by atoms with Gasteiger partial charge in [-0.1, -0.05) is 0 Å². The number of aryl methyl sites for hydroxylation is 1. The van der Waals surface area contributed by atoms with Crippen LogP contribution in [0.3, 0.4) is 0 Å². The molecule has 0 radical (unpaired) electrons. The lowest BCUT2D eigenvalue weighted by Gasteiger charge is -2.12. The quantitative estimate of drug-likeness (QED) is 0.885. The van der Waals surface area contributed by atoms with Crippen LogP contribution in [0.4, 0.5) is 5.69 Å². The number of anilines is 1. The van der Waals surface area contributed by atoms with E-state index in [-0.39, 0.29) is 0 Å². The number of aromatic nitrogens is 1. The lowest BCUT2D eigenvalue weighted by atomic mass is 10.3. The highest BCUT2D eigenvalue weighted by atomic mass is 32.2. The van der Waals surface area contributed by atoms with Crippen LogP contribution in [0.2, 0.25) is 0 Å². The second kappa shape index (κ2) is 6.55. The molecule has 0 bridgehead atoms. The zero-order valence-electron chi connectivity index (χ0n) is 12.3. The molecule has 0 saturated carbocycles. The Morgan fingerprint density at radius 1 is 1.24 bits per heavy atom.